The summed E-state index contributed by atoms with van der Waals surface area (Å²) in [7, 11) is 0. The van der Waals surface area contributed by atoms with E-state index in [4.69, 9.17) is 8.83 Å². The van der Waals surface area contributed by atoms with Crippen LogP contribution in [0.4, 0.5) is 0 Å². The summed E-state index contributed by atoms with van der Waals surface area (Å²) >= 11 is 0. The van der Waals surface area contributed by atoms with Crippen molar-refractivity contribution < 1.29 is 8.83 Å². The Balaban J connectivity index is 1.05. The van der Waals surface area contributed by atoms with Gasteiger partial charge in [-0.3, -0.25) is 0 Å². The molecule has 0 aliphatic heterocycles. The summed E-state index contributed by atoms with van der Waals surface area (Å²) in [6.45, 7) is 9.37. The number of furan rings is 2. The monoisotopic (exact) mass is 718 g/mol. The zero-order valence-corrected chi connectivity index (χ0v) is 31.8. The Hall–Kier alpha value is -6.64. The van der Waals surface area contributed by atoms with E-state index in [-0.39, 0.29) is 10.8 Å². The van der Waals surface area contributed by atoms with Crippen molar-refractivity contribution in [3.63, 3.8) is 0 Å². The molecule has 0 radical (unpaired) electrons. The van der Waals surface area contributed by atoms with Gasteiger partial charge in [-0.2, -0.15) is 0 Å². The molecule has 8 aromatic carbocycles. The Labute approximate surface area is 325 Å². The van der Waals surface area contributed by atoms with Crippen LogP contribution in [0.15, 0.2) is 167 Å². The van der Waals surface area contributed by atoms with Crippen LogP contribution in [-0.4, -0.2) is 0 Å². The van der Waals surface area contributed by atoms with E-state index in [0.29, 0.717) is 0 Å². The fourth-order valence-electron chi connectivity index (χ4n) is 10.1. The van der Waals surface area contributed by atoms with Crippen LogP contribution in [0.5, 0.6) is 0 Å². The molecule has 0 fully saturated rings. The Morgan fingerprint density at radius 3 is 1.23 bits per heavy atom. The van der Waals surface area contributed by atoms with Gasteiger partial charge in [0.15, 0.2) is 0 Å². The molecular formula is C54H38O2. The van der Waals surface area contributed by atoms with Gasteiger partial charge in [-0.1, -0.05) is 143 Å². The number of fused-ring (bicyclic) bond motifs is 12. The zero-order valence-electron chi connectivity index (χ0n) is 31.8. The van der Waals surface area contributed by atoms with Gasteiger partial charge in [0, 0.05) is 32.4 Å². The molecule has 266 valence electrons. The summed E-state index contributed by atoms with van der Waals surface area (Å²) in [4.78, 5) is 0. The molecule has 2 aliphatic rings. The Bertz CT molecular complexity index is 3100. The molecule has 2 aromatic heterocycles. The molecule has 2 heteroatoms. The lowest BCUT2D eigenvalue weighted by Crippen LogP contribution is -2.14. The van der Waals surface area contributed by atoms with E-state index in [9.17, 15) is 0 Å². The van der Waals surface area contributed by atoms with Crippen LogP contribution >= 0.6 is 0 Å². The molecule has 0 unspecified atom stereocenters. The first-order chi connectivity index (χ1) is 27.3. The molecule has 0 saturated carbocycles. The van der Waals surface area contributed by atoms with Crippen LogP contribution in [0, 0.1) is 0 Å². The molecular weight excluding hydrogens is 681 g/mol. The van der Waals surface area contributed by atoms with Gasteiger partial charge in [-0.05, 0) is 115 Å². The first-order valence-electron chi connectivity index (χ1n) is 19.7. The van der Waals surface area contributed by atoms with Crippen molar-refractivity contribution in [1.29, 1.82) is 0 Å². The molecule has 2 heterocycles. The van der Waals surface area contributed by atoms with E-state index >= 15 is 0 Å². The highest BCUT2D eigenvalue weighted by molar-refractivity contribution is 6.22. The third-order valence-corrected chi connectivity index (χ3v) is 13.1. The molecule has 0 atom stereocenters. The van der Waals surface area contributed by atoms with Crippen molar-refractivity contribution in [3.05, 3.63) is 180 Å². The third kappa shape index (κ3) is 4.22. The van der Waals surface area contributed by atoms with Crippen molar-refractivity contribution in [2.75, 3.05) is 0 Å². The summed E-state index contributed by atoms with van der Waals surface area (Å²) in [5.74, 6) is 0. The van der Waals surface area contributed by atoms with Crippen molar-refractivity contribution in [1.82, 2.24) is 0 Å². The SMILES string of the molecule is CC1(C)c2ccccc2-c2ccc(-c3ccc4oc5c(-c6ccccc6)c6oc7ccc(-c8ccc9c(c8)C(C)(C)c8ccccc8-9)cc7c6cc5c4c3)cc21. The highest BCUT2D eigenvalue weighted by Crippen LogP contribution is 2.52. The molecule has 12 rings (SSSR count). The standard InChI is InChI=1S/C54H38O2/c1-53(2)44-16-10-8-14-36(44)38-22-18-34(28-46(38)53)32-20-24-48-40(26-32)42-30-43-41-27-33(35-19-23-39-37-15-9-11-17-45(37)54(3,4)47(39)29-35)21-25-49(41)56-52(43)50(51(42)55-48)31-12-6-5-7-13-31/h5-30H,1-4H3. The number of hydrogen-bond acceptors (Lipinski definition) is 2. The quantitative estimate of drug-likeness (QED) is 0.182. The Kier molecular flexibility index (Phi) is 6.22. The summed E-state index contributed by atoms with van der Waals surface area (Å²) in [5, 5.41) is 4.38. The van der Waals surface area contributed by atoms with E-state index in [1.54, 1.807) is 0 Å². The van der Waals surface area contributed by atoms with Crippen molar-refractivity contribution in [2.45, 2.75) is 38.5 Å². The average Bonchev–Trinajstić information content (AvgIpc) is 3.92. The number of hydrogen-bond donors (Lipinski definition) is 0. The molecule has 0 saturated heterocycles. The third-order valence-electron chi connectivity index (χ3n) is 13.1. The molecule has 10 aromatic rings. The van der Waals surface area contributed by atoms with Gasteiger partial charge in [-0.25, -0.2) is 0 Å². The van der Waals surface area contributed by atoms with Crippen molar-refractivity contribution in [2.24, 2.45) is 0 Å². The van der Waals surface area contributed by atoms with Crippen molar-refractivity contribution in [3.8, 4) is 55.6 Å². The van der Waals surface area contributed by atoms with Crippen LogP contribution in [0.2, 0.25) is 0 Å². The fraction of sp³-hybridized carbons (Fsp3) is 0.111. The smallest absolute Gasteiger partial charge is 0.147 e. The molecule has 0 N–H and O–H groups in total. The molecule has 56 heavy (non-hydrogen) atoms. The van der Waals surface area contributed by atoms with Gasteiger partial charge in [0.1, 0.15) is 22.3 Å². The van der Waals surface area contributed by atoms with Gasteiger partial charge < -0.3 is 8.83 Å². The fourth-order valence-corrected chi connectivity index (χ4v) is 10.1. The summed E-state index contributed by atoms with van der Waals surface area (Å²) < 4.78 is 13.6. The summed E-state index contributed by atoms with van der Waals surface area (Å²) in [5.41, 5.74) is 21.0. The highest BCUT2D eigenvalue weighted by Gasteiger charge is 2.36. The van der Waals surface area contributed by atoms with E-state index < -0.39 is 0 Å². The molecule has 0 spiro atoms. The second kappa shape index (κ2) is 11.0. The van der Waals surface area contributed by atoms with Gasteiger partial charge in [0.05, 0.1) is 5.56 Å². The molecule has 2 nitrogen and oxygen atoms in total. The van der Waals surface area contributed by atoms with E-state index in [1.807, 2.05) is 0 Å². The highest BCUT2D eigenvalue weighted by atomic mass is 16.3. The van der Waals surface area contributed by atoms with Gasteiger partial charge in [0.25, 0.3) is 0 Å². The first-order valence-corrected chi connectivity index (χ1v) is 19.7. The van der Waals surface area contributed by atoms with Gasteiger partial charge in [-0.15, -0.1) is 0 Å². The largest absolute Gasteiger partial charge is 0.455 e. The summed E-state index contributed by atoms with van der Waals surface area (Å²) in [6.07, 6.45) is 0. The number of rotatable bonds is 3. The Morgan fingerprint density at radius 2 is 0.732 bits per heavy atom. The van der Waals surface area contributed by atoms with Gasteiger partial charge >= 0.3 is 0 Å². The topological polar surface area (TPSA) is 26.3 Å². The first kappa shape index (κ1) is 31.7. The lowest BCUT2D eigenvalue weighted by atomic mass is 9.81. The predicted molar refractivity (Wildman–Crippen MR) is 232 cm³/mol. The normalized spacial score (nSPS) is 14.7. The summed E-state index contributed by atoms with van der Waals surface area (Å²) in [6, 6.07) is 57.8. The van der Waals surface area contributed by atoms with Crippen LogP contribution in [0.3, 0.4) is 0 Å². The van der Waals surface area contributed by atoms with E-state index in [1.165, 1.54) is 66.8 Å². The van der Waals surface area contributed by atoms with Gasteiger partial charge in [0.2, 0.25) is 0 Å². The van der Waals surface area contributed by atoms with Crippen molar-refractivity contribution >= 4 is 43.9 Å². The van der Waals surface area contributed by atoms with E-state index in [0.717, 1.165) is 55.0 Å². The maximum Gasteiger partial charge on any atom is 0.147 e. The lowest BCUT2D eigenvalue weighted by molar-refractivity contribution is 0.658. The predicted octanol–water partition coefficient (Wildman–Crippen LogP) is 15.1. The second-order valence-corrected chi connectivity index (χ2v) is 16.9. The second-order valence-electron chi connectivity index (χ2n) is 16.9. The minimum atomic E-state index is -0.0627. The average molecular weight is 719 g/mol. The van der Waals surface area contributed by atoms with Crippen LogP contribution < -0.4 is 0 Å². The van der Waals surface area contributed by atoms with Crippen LogP contribution in [-0.2, 0) is 10.8 Å². The maximum atomic E-state index is 6.80. The Morgan fingerprint density at radius 1 is 0.321 bits per heavy atom. The van der Waals surface area contributed by atoms with Crippen LogP contribution in [0.1, 0.15) is 49.9 Å². The number of benzene rings is 8. The molecule has 0 bridgehead atoms. The zero-order chi connectivity index (χ0) is 37.5. The minimum Gasteiger partial charge on any atom is -0.455 e. The minimum absolute atomic E-state index is 0.0627. The van der Waals surface area contributed by atoms with E-state index in [2.05, 4.69) is 185 Å². The molecule has 0 amide bonds. The van der Waals surface area contributed by atoms with Crippen LogP contribution in [0.25, 0.3) is 99.5 Å². The maximum absolute atomic E-state index is 6.80. The molecule has 2 aliphatic carbocycles. The lowest BCUT2D eigenvalue weighted by Gasteiger charge is -2.22.